The first kappa shape index (κ1) is 14.8. The van der Waals surface area contributed by atoms with Crippen LogP contribution in [0.15, 0.2) is 18.2 Å². The minimum atomic E-state index is -3.19. The number of halogens is 1. The molecular formula is C12H11ClN2O4S. The predicted molar refractivity (Wildman–Crippen MR) is 73.1 cm³/mol. The van der Waals surface area contributed by atoms with Crippen LogP contribution in [0.4, 0.5) is 5.69 Å². The van der Waals surface area contributed by atoms with Gasteiger partial charge in [-0.1, -0.05) is 17.7 Å². The number of non-ortho nitro benzene ring substituents is 1. The van der Waals surface area contributed by atoms with Crippen LogP contribution in [0.3, 0.4) is 0 Å². The Morgan fingerprint density at radius 3 is 2.65 bits per heavy atom. The number of sulfone groups is 1. The lowest BCUT2D eigenvalue weighted by Crippen LogP contribution is -2.23. The zero-order chi connectivity index (χ0) is 15.0. The molecule has 1 aromatic carbocycles. The van der Waals surface area contributed by atoms with Gasteiger partial charge in [-0.15, -0.1) is 0 Å². The van der Waals surface area contributed by atoms with Crippen LogP contribution in [0.1, 0.15) is 12.0 Å². The van der Waals surface area contributed by atoms with E-state index < -0.39 is 20.2 Å². The lowest BCUT2D eigenvalue weighted by Gasteiger charge is -2.19. The van der Waals surface area contributed by atoms with Crippen LogP contribution in [-0.2, 0) is 16.3 Å². The summed E-state index contributed by atoms with van der Waals surface area (Å²) in [4.78, 5) is 10.1. The average Bonchev–Trinajstić information content (AvgIpc) is 2.68. The molecule has 1 aliphatic rings. The van der Waals surface area contributed by atoms with Crippen LogP contribution in [-0.4, -0.2) is 24.8 Å². The summed E-state index contributed by atoms with van der Waals surface area (Å²) in [5.74, 6) is -0.199. The molecule has 1 atom stereocenters. The van der Waals surface area contributed by atoms with Crippen molar-refractivity contribution in [2.75, 3.05) is 11.5 Å². The zero-order valence-corrected chi connectivity index (χ0v) is 11.9. The molecule has 0 N–H and O–H groups in total. The Kier molecular flexibility index (Phi) is 3.71. The van der Waals surface area contributed by atoms with Crippen molar-refractivity contribution in [3.63, 3.8) is 0 Å². The van der Waals surface area contributed by atoms with Gasteiger partial charge in [0.05, 0.1) is 32.9 Å². The van der Waals surface area contributed by atoms with E-state index in [2.05, 4.69) is 6.07 Å². The van der Waals surface area contributed by atoms with E-state index in [1.54, 1.807) is 0 Å². The smallest absolute Gasteiger partial charge is 0.258 e. The van der Waals surface area contributed by atoms with Crippen LogP contribution in [0.25, 0.3) is 0 Å². The molecule has 8 heteroatoms. The molecule has 20 heavy (non-hydrogen) atoms. The van der Waals surface area contributed by atoms with Gasteiger partial charge in [0.15, 0.2) is 9.84 Å². The molecule has 1 unspecified atom stereocenters. The summed E-state index contributed by atoms with van der Waals surface area (Å²) in [6.07, 6.45) is 0.443. The Bertz CT molecular complexity index is 711. The maximum atomic E-state index is 11.6. The molecule has 0 bridgehead atoms. The summed E-state index contributed by atoms with van der Waals surface area (Å²) in [6.45, 7) is 0. The highest BCUT2D eigenvalue weighted by Gasteiger charge is 2.43. The van der Waals surface area contributed by atoms with E-state index >= 15 is 0 Å². The number of nitro groups is 1. The maximum absolute atomic E-state index is 11.6. The van der Waals surface area contributed by atoms with Crippen LogP contribution in [0.5, 0.6) is 0 Å². The topological polar surface area (TPSA) is 101 Å². The molecule has 0 aromatic heterocycles. The lowest BCUT2D eigenvalue weighted by atomic mass is 9.83. The van der Waals surface area contributed by atoms with Crippen LogP contribution >= 0.6 is 11.6 Å². The van der Waals surface area contributed by atoms with E-state index in [-0.39, 0.29) is 35.1 Å². The van der Waals surface area contributed by atoms with E-state index in [1.807, 2.05) is 0 Å². The maximum Gasteiger partial charge on any atom is 0.270 e. The van der Waals surface area contributed by atoms with Gasteiger partial charge in [0.2, 0.25) is 0 Å². The van der Waals surface area contributed by atoms with Crippen LogP contribution in [0, 0.1) is 26.9 Å². The molecule has 0 amide bonds. The normalized spacial score (nSPS) is 24.2. The molecule has 1 saturated heterocycles. The summed E-state index contributed by atoms with van der Waals surface area (Å²) in [5, 5.41) is 20.1. The Hall–Kier alpha value is -1.65. The number of nitrogens with zero attached hydrogens (tertiary/aromatic N) is 2. The third-order valence-electron chi connectivity index (χ3n) is 3.40. The van der Waals surface area contributed by atoms with Crippen molar-refractivity contribution in [3.8, 4) is 6.07 Å². The van der Waals surface area contributed by atoms with Gasteiger partial charge in [0, 0.05) is 12.1 Å². The first-order valence-corrected chi connectivity index (χ1v) is 8.01. The van der Waals surface area contributed by atoms with E-state index in [0.29, 0.717) is 5.56 Å². The van der Waals surface area contributed by atoms with Gasteiger partial charge in [0.25, 0.3) is 5.69 Å². The average molecular weight is 315 g/mol. The highest BCUT2D eigenvalue weighted by molar-refractivity contribution is 7.91. The van der Waals surface area contributed by atoms with E-state index in [4.69, 9.17) is 11.6 Å². The summed E-state index contributed by atoms with van der Waals surface area (Å²) in [5.41, 5.74) is -0.571. The molecule has 1 fully saturated rings. The lowest BCUT2D eigenvalue weighted by molar-refractivity contribution is -0.384. The Labute approximate surface area is 121 Å². The fourth-order valence-corrected chi connectivity index (χ4v) is 4.58. The first-order valence-electron chi connectivity index (χ1n) is 5.81. The van der Waals surface area contributed by atoms with Crippen molar-refractivity contribution in [1.82, 2.24) is 0 Å². The Balaban J connectivity index is 2.30. The predicted octanol–water partition coefficient (Wildman–Crippen LogP) is 2.12. The molecule has 2 rings (SSSR count). The van der Waals surface area contributed by atoms with Crippen LogP contribution in [0.2, 0.25) is 5.02 Å². The second-order valence-electron chi connectivity index (χ2n) is 4.94. The number of benzene rings is 1. The molecule has 1 heterocycles. The summed E-state index contributed by atoms with van der Waals surface area (Å²) < 4.78 is 23.1. The summed E-state index contributed by atoms with van der Waals surface area (Å²) in [6, 6.07) is 6.07. The van der Waals surface area contributed by atoms with Crippen molar-refractivity contribution in [2.24, 2.45) is 5.41 Å². The minimum Gasteiger partial charge on any atom is -0.258 e. The van der Waals surface area contributed by atoms with Crippen molar-refractivity contribution < 1.29 is 13.3 Å². The largest absolute Gasteiger partial charge is 0.270 e. The van der Waals surface area contributed by atoms with Crippen molar-refractivity contribution >= 4 is 27.1 Å². The van der Waals surface area contributed by atoms with Crippen molar-refractivity contribution in [2.45, 2.75) is 12.8 Å². The highest BCUT2D eigenvalue weighted by Crippen LogP contribution is 2.37. The second kappa shape index (κ2) is 5.04. The molecule has 1 aromatic rings. The number of nitriles is 1. The Morgan fingerprint density at radius 1 is 1.50 bits per heavy atom. The highest BCUT2D eigenvalue weighted by atomic mass is 35.5. The molecule has 1 aliphatic heterocycles. The zero-order valence-electron chi connectivity index (χ0n) is 10.4. The van der Waals surface area contributed by atoms with Gasteiger partial charge < -0.3 is 0 Å². The minimum absolute atomic E-state index is 0.00877. The molecule has 0 saturated carbocycles. The SMILES string of the molecule is N#CC1(Cc2ccc([N+](=O)[O-])cc2Cl)CCS(=O)(=O)C1. The first-order chi connectivity index (χ1) is 9.27. The summed E-state index contributed by atoms with van der Waals surface area (Å²) in [7, 11) is -3.19. The van der Waals surface area contributed by atoms with E-state index in [0.717, 1.165) is 0 Å². The van der Waals surface area contributed by atoms with Gasteiger partial charge in [-0.25, -0.2) is 8.42 Å². The molecule has 106 valence electrons. The third-order valence-corrected chi connectivity index (χ3v) is 5.57. The monoisotopic (exact) mass is 314 g/mol. The number of rotatable bonds is 3. The molecule has 0 spiro atoms. The van der Waals surface area contributed by atoms with E-state index in [1.165, 1.54) is 18.2 Å². The summed E-state index contributed by atoms with van der Waals surface area (Å²) >= 11 is 5.98. The van der Waals surface area contributed by atoms with E-state index in [9.17, 15) is 23.8 Å². The molecule has 0 aliphatic carbocycles. The number of nitro benzene ring substituents is 1. The van der Waals surface area contributed by atoms with Crippen molar-refractivity contribution in [1.29, 1.82) is 5.26 Å². The van der Waals surface area contributed by atoms with Gasteiger partial charge >= 0.3 is 0 Å². The van der Waals surface area contributed by atoms with Gasteiger partial charge in [-0.3, -0.25) is 10.1 Å². The fourth-order valence-electron chi connectivity index (χ4n) is 2.34. The second-order valence-corrected chi connectivity index (χ2v) is 7.54. The molecule has 0 radical (unpaired) electrons. The number of hydrogen-bond donors (Lipinski definition) is 0. The quantitative estimate of drug-likeness (QED) is 0.628. The molecule has 6 nitrogen and oxygen atoms in total. The fraction of sp³-hybridized carbons (Fsp3) is 0.417. The van der Waals surface area contributed by atoms with Gasteiger partial charge in [-0.2, -0.15) is 5.26 Å². The number of hydrogen-bond acceptors (Lipinski definition) is 5. The van der Waals surface area contributed by atoms with Crippen LogP contribution < -0.4 is 0 Å². The van der Waals surface area contributed by atoms with Gasteiger partial charge in [0.1, 0.15) is 0 Å². The Morgan fingerprint density at radius 2 is 2.20 bits per heavy atom. The van der Waals surface area contributed by atoms with Crippen molar-refractivity contribution in [3.05, 3.63) is 38.9 Å². The standard InChI is InChI=1S/C12H11ClN2O4S/c13-11-5-10(15(16)17)2-1-9(11)6-12(7-14)3-4-20(18,19)8-12/h1-2,5H,3-4,6,8H2. The van der Waals surface area contributed by atoms with Gasteiger partial charge in [-0.05, 0) is 18.4 Å². The third kappa shape index (κ3) is 2.92. The molecular weight excluding hydrogens is 304 g/mol.